The van der Waals surface area contributed by atoms with Gasteiger partial charge in [0.25, 0.3) is 5.91 Å². The zero-order valence-electron chi connectivity index (χ0n) is 27.1. The van der Waals surface area contributed by atoms with Gasteiger partial charge in [0, 0.05) is 39.0 Å². The number of nitrogens with one attached hydrogen (secondary N) is 2. The molecule has 0 bridgehead atoms. The molecule has 1 aliphatic rings. The van der Waals surface area contributed by atoms with Crippen LogP contribution in [0.25, 0.3) is 0 Å². The van der Waals surface area contributed by atoms with E-state index in [2.05, 4.69) is 64.1 Å². The number of rotatable bonds is 13. The minimum atomic E-state index is -0.319. The summed E-state index contributed by atoms with van der Waals surface area (Å²) in [5.41, 5.74) is 4.67. The Bertz CT molecular complexity index is 1610. The molecule has 0 unspecified atom stereocenters. The number of nitrogens with zero attached hydrogens (tertiary/aromatic N) is 2. The molecule has 0 spiro atoms. The first-order valence-corrected chi connectivity index (χ1v) is 16.9. The van der Waals surface area contributed by atoms with E-state index in [-0.39, 0.29) is 41.8 Å². The van der Waals surface area contributed by atoms with Crippen molar-refractivity contribution in [3.8, 4) is 0 Å². The van der Waals surface area contributed by atoms with Crippen LogP contribution >= 0.6 is 12.2 Å². The van der Waals surface area contributed by atoms with Crippen molar-refractivity contribution in [2.24, 2.45) is 0 Å². The highest BCUT2D eigenvalue weighted by atomic mass is 32.1. The summed E-state index contributed by atoms with van der Waals surface area (Å²) in [6.45, 7) is 2.97. The van der Waals surface area contributed by atoms with E-state index < -0.39 is 0 Å². The first-order valence-electron chi connectivity index (χ1n) is 16.5. The molecule has 0 aliphatic carbocycles. The van der Waals surface area contributed by atoms with Crippen LogP contribution in [0.15, 0.2) is 115 Å². The number of benzene rings is 4. The first-order chi connectivity index (χ1) is 23.5. The van der Waals surface area contributed by atoms with Gasteiger partial charge in [0.15, 0.2) is 5.11 Å². The molecular weight excluding hydrogens is 621 g/mol. The fourth-order valence-corrected chi connectivity index (χ4v) is 6.16. The number of anilines is 1. The average molecular weight is 663 g/mol. The quantitative estimate of drug-likeness (QED) is 0.0974. The Hall–Kier alpha value is -4.86. The molecule has 5 rings (SSSR count). The molecule has 2 amide bonds. The van der Waals surface area contributed by atoms with Crippen molar-refractivity contribution >= 4 is 40.8 Å². The fourth-order valence-electron chi connectivity index (χ4n) is 5.93. The highest BCUT2D eigenvalue weighted by molar-refractivity contribution is 7.80. The van der Waals surface area contributed by atoms with E-state index in [1.165, 1.54) is 16.7 Å². The van der Waals surface area contributed by atoms with Gasteiger partial charge in [-0.25, -0.2) is 0 Å². The third-order valence-corrected chi connectivity index (χ3v) is 8.56. The van der Waals surface area contributed by atoms with E-state index in [4.69, 9.17) is 17.0 Å². The molecule has 1 aliphatic heterocycles. The summed E-state index contributed by atoms with van der Waals surface area (Å²) >= 11 is 5.40. The molecule has 2 N–H and O–H groups in total. The van der Waals surface area contributed by atoms with E-state index in [0.29, 0.717) is 37.4 Å². The van der Waals surface area contributed by atoms with Crippen molar-refractivity contribution < 1.29 is 19.1 Å². The summed E-state index contributed by atoms with van der Waals surface area (Å²) in [4.78, 5) is 42.6. The van der Waals surface area contributed by atoms with Gasteiger partial charge in [0.1, 0.15) is 0 Å². The lowest BCUT2D eigenvalue weighted by atomic mass is 9.96. The number of amides is 2. The first kappa shape index (κ1) is 34.5. The zero-order valence-corrected chi connectivity index (χ0v) is 27.9. The molecule has 9 heteroatoms. The van der Waals surface area contributed by atoms with Gasteiger partial charge in [-0.3, -0.25) is 19.3 Å². The zero-order chi connectivity index (χ0) is 33.6. The monoisotopic (exact) mass is 662 g/mol. The minimum absolute atomic E-state index is 0.0925. The number of aryl methyl sites for hydroxylation is 1. The lowest BCUT2D eigenvalue weighted by Gasteiger charge is -2.40. The number of esters is 1. The van der Waals surface area contributed by atoms with Crippen LogP contribution in [-0.4, -0.2) is 65.5 Å². The molecule has 48 heavy (non-hydrogen) atoms. The molecule has 8 nitrogen and oxygen atoms in total. The van der Waals surface area contributed by atoms with Crippen molar-refractivity contribution in [2.75, 3.05) is 38.1 Å². The number of hydrogen-bond acceptors (Lipinski definition) is 6. The van der Waals surface area contributed by atoms with Crippen LogP contribution in [0.3, 0.4) is 0 Å². The van der Waals surface area contributed by atoms with Crippen LogP contribution in [0.5, 0.6) is 0 Å². The Labute approximate surface area is 288 Å². The fraction of sp³-hybridized carbons (Fsp3) is 0.282. The third kappa shape index (κ3) is 10.1. The van der Waals surface area contributed by atoms with Gasteiger partial charge in [-0.05, 0) is 60.3 Å². The second-order valence-electron chi connectivity index (χ2n) is 11.8. The summed E-state index contributed by atoms with van der Waals surface area (Å²) < 4.78 is 5.30. The summed E-state index contributed by atoms with van der Waals surface area (Å²) in [6, 6.07) is 38.3. The second kappa shape index (κ2) is 17.9. The lowest BCUT2D eigenvalue weighted by molar-refractivity contribution is -0.143. The number of piperazine rings is 1. The molecular formula is C39H42N4O4S. The predicted molar refractivity (Wildman–Crippen MR) is 193 cm³/mol. The molecule has 4 aromatic rings. The summed E-state index contributed by atoms with van der Waals surface area (Å²) in [6.07, 6.45) is 2.22. The highest BCUT2D eigenvalue weighted by Gasteiger charge is 2.29. The van der Waals surface area contributed by atoms with E-state index in [1.54, 1.807) is 12.1 Å². The Morgan fingerprint density at radius 2 is 1.29 bits per heavy atom. The van der Waals surface area contributed by atoms with Crippen molar-refractivity contribution in [2.45, 2.75) is 38.1 Å². The molecule has 0 aromatic heterocycles. The predicted octanol–water partition coefficient (Wildman–Crippen LogP) is 6.39. The standard InChI is InChI=1S/C39H42N4O4S/c44-35(23-12-24-36(45)47-29-13-16-30-14-4-1-5-15-30)41-39(48)40-34-22-11-10-21-33(34)38(46)43-27-25-42(26-28-43)37(31-17-6-2-7-18-31)32-19-8-3-9-20-32/h1-11,14-15,17-22,37H,12-13,16,23-29H2,(H2,40,41,44,48). The van der Waals surface area contributed by atoms with Crippen molar-refractivity contribution in [3.05, 3.63) is 138 Å². The maximum Gasteiger partial charge on any atom is 0.305 e. The van der Waals surface area contributed by atoms with Crippen LogP contribution in [0.4, 0.5) is 5.69 Å². The number of thiocarbonyl (C=S) groups is 1. The minimum Gasteiger partial charge on any atom is -0.466 e. The summed E-state index contributed by atoms with van der Waals surface area (Å²) in [7, 11) is 0. The Balaban J connectivity index is 1.07. The van der Waals surface area contributed by atoms with Gasteiger partial charge in [-0.2, -0.15) is 0 Å². The van der Waals surface area contributed by atoms with Crippen molar-refractivity contribution in [3.63, 3.8) is 0 Å². The number of ether oxygens (including phenoxy) is 1. The van der Waals surface area contributed by atoms with Gasteiger partial charge < -0.3 is 20.3 Å². The molecule has 0 saturated carbocycles. The van der Waals surface area contributed by atoms with E-state index in [9.17, 15) is 14.4 Å². The highest BCUT2D eigenvalue weighted by Crippen LogP contribution is 2.30. The maximum atomic E-state index is 13.7. The summed E-state index contributed by atoms with van der Waals surface area (Å²) in [5.74, 6) is -0.721. The van der Waals surface area contributed by atoms with Crippen LogP contribution in [0, 0.1) is 0 Å². The molecule has 0 atom stereocenters. The van der Waals surface area contributed by atoms with E-state index in [0.717, 1.165) is 25.9 Å². The van der Waals surface area contributed by atoms with Crippen molar-refractivity contribution in [1.29, 1.82) is 0 Å². The number of hydrogen-bond donors (Lipinski definition) is 2. The smallest absolute Gasteiger partial charge is 0.305 e. The Morgan fingerprint density at radius 1 is 0.708 bits per heavy atom. The molecule has 4 aromatic carbocycles. The van der Waals surface area contributed by atoms with Crippen LogP contribution in [0.2, 0.25) is 0 Å². The van der Waals surface area contributed by atoms with Gasteiger partial charge in [0.05, 0.1) is 23.9 Å². The maximum absolute atomic E-state index is 13.7. The Kier molecular flexibility index (Phi) is 12.8. The molecule has 1 heterocycles. The van der Waals surface area contributed by atoms with E-state index in [1.807, 2.05) is 59.5 Å². The molecule has 0 radical (unpaired) electrons. The van der Waals surface area contributed by atoms with E-state index >= 15 is 0 Å². The van der Waals surface area contributed by atoms with Crippen molar-refractivity contribution in [1.82, 2.24) is 15.1 Å². The van der Waals surface area contributed by atoms with Crippen LogP contribution in [0.1, 0.15) is 58.8 Å². The topological polar surface area (TPSA) is 91.0 Å². The molecule has 1 fully saturated rings. The largest absolute Gasteiger partial charge is 0.466 e. The number of para-hydroxylation sites is 1. The second-order valence-corrected chi connectivity index (χ2v) is 12.2. The number of carbonyl (C=O) groups excluding carboxylic acids is 3. The summed E-state index contributed by atoms with van der Waals surface area (Å²) in [5, 5.41) is 5.79. The lowest BCUT2D eigenvalue weighted by Crippen LogP contribution is -2.50. The number of carbonyl (C=O) groups is 3. The average Bonchev–Trinajstić information content (AvgIpc) is 3.12. The molecule has 248 valence electrons. The Morgan fingerprint density at radius 3 is 1.94 bits per heavy atom. The SMILES string of the molecule is O=C(CCCC(=O)OCCCc1ccccc1)NC(=S)Nc1ccccc1C(=O)N1CCN(C(c2ccccc2)c2ccccc2)CC1. The van der Waals surface area contributed by atoms with Gasteiger partial charge in [0.2, 0.25) is 5.91 Å². The van der Waals surface area contributed by atoms with Gasteiger partial charge in [-0.1, -0.05) is 103 Å². The normalized spacial score (nSPS) is 13.1. The third-order valence-electron chi connectivity index (χ3n) is 8.36. The van der Waals surface area contributed by atoms with Gasteiger partial charge in [-0.15, -0.1) is 0 Å². The van der Waals surface area contributed by atoms with Gasteiger partial charge >= 0.3 is 5.97 Å². The molecule has 1 saturated heterocycles. The van der Waals surface area contributed by atoms with Crippen LogP contribution < -0.4 is 10.6 Å². The van der Waals surface area contributed by atoms with Crippen LogP contribution in [-0.2, 0) is 20.7 Å².